The molecule has 0 N–H and O–H groups in total. The van der Waals surface area contributed by atoms with Crippen molar-refractivity contribution in [3.63, 3.8) is 0 Å². The first-order chi connectivity index (χ1) is 7.67. The predicted octanol–water partition coefficient (Wildman–Crippen LogP) is 4.74. The van der Waals surface area contributed by atoms with Gasteiger partial charge in [-0.15, -0.1) is 0 Å². The summed E-state index contributed by atoms with van der Waals surface area (Å²) in [6, 6.07) is 0. The van der Waals surface area contributed by atoms with Crippen LogP contribution in [0.4, 0.5) is 0 Å². The standard InChI is InChI=1S/C15H28O/c1-4-7-8-9-13-12-15(5-2,6-3)11-10-14(13)16/h13H,4-12H2,1-3H3. The molecule has 1 nitrogen and oxygen atoms in total. The van der Waals surface area contributed by atoms with Gasteiger partial charge in [-0.2, -0.15) is 0 Å². The zero-order valence-electron chi connectivity index (χ0n) is 11.3. The molecule has 0 spiro atoms. The molecule has 0 aromatic carbocycles. The molecule has 0 saturated heterocycles. The van der Waals surface area contributed by atoms with E-state index in [1.165, 1.54) is 38.5 Å². The summed E-state index contributed by atoms with van der Waals surface area (Å²) in [7, 11) is 0. The van der Waals surface area contributed by atoms with E-state index < -0.39 is 0 Å². The molecule has 1 rings (SSSR count). The fraction of sp³-hybridized carbons (Fsp3) is 0.933. The van der Waals surface area contributed by atoms with Crippen LogP contribution in [0.25, 0.3) is 0 Å². The molecule has 0 aromatic rings. The van der Waals surface area contributed by atoms with Gasteiger partial charge in [0.2, 0.25) is 0 Å². The van der Waals surface area contributed by atoms with E-state index in [0.717, 1.165) is 19.3 Å². The lowest BCUT2D eigenvalue weighted by molar-refractivity contribution is -0.128. The van der Waals surface area contributed by atoms with Crippen LogP contribution in [0, 0.1) is 11.3 Å². The Morgan fingerprint density at radius 1 is 1.19 bits per heavy atom. The summed E-state index contributed by atoms with van der Waals surface area (Å²) in [6.07, 6.45) is 10.6. The SMILES string of the molecule is CCCCCC1CC(CC)(CC)CCC1=O. The van der Waals surface area contributed by atoms with Crippen molar-refractivity contribution in [2.45, 2.75) is 78.6 Å². The maximum atomic E-state index is 11.9. The van der Waals surface area contributed by atoms with Crippen molar-refractivity contribution < 1.29 is 4.79 Å². The van der Waals surface area contributed by atoms with Crippen molar-refractivity contribution in [1.82, 2.24) is 0 Å². The molecule has 0 amide bonds. The Kier molecular flexibility index (Phi) is 5.51. The van der Waals surface area contributed by atoms with Crippen molar-refractivity contribution in [3.05, 3.63) is 0 Å². The van der Waals surface area contributed by atoms with Crippen LogP contribution in [0.3, 0.4) is 0 Å². The number of hydrogen-bond donors (Lipinski definition) is 0. The first kappa shape index (κ1) is 13.7. The number of Topliss-reactive ketones (excluding diaryl/α,β-unsaturated/α-hetero) is 1. The van der Waals surface area contributed by atoms with Gasteiger partial charge >= 0.3 is 0 Å². The maximum Gasteiger partial charge on any atom is 0.136 e. The van der Waals surface area contributed by atoms with E-state index in [-0.39, 0.29) is 0 Å². The van der Waals surface area contributed by atoms with Gasteiger partial charge in [0.15, 0.2) is 0 Å². The third-order valence-electron chi connectivity index (χ3n) is 4.69. The van der Waals surface area contributed by atoms with Gasteiger partial charge in [0.1, 0.15) is 5.78 Å². The Labute approximate surface area is 101 Å². The van der Waals surface area contributed by atoms with Gasteiger partial charge in [-0.3, -0.25) is 4.79 Å². The summed E-state index contributed by atoms with van der Waals surface area (Å²) in [4.78, 5) is 11.9. The molecule has 16 heavy (non-hydrogen) atoms. The second kappa shape index (κ2) is 6.42. The van der Waals surface area contributed by atoms with E-state index >= 15 is 0 Å². The van der Waals surface area contributed by atoms with Crippen LogP contribution >= 0.6 is 0 Å². The number of unbranched alkanes of at least 4 members (excludes halogenated alkanes) is 2. The first-order valence-corrected chi connectivity index (χ1v) is 7.20. The molecule has 94 valence electrons. The van der Waals surface area contributed by atoms with Gasteiger partial charge in [0, 0.05) is 12.3 Å². The lowest BCUT2D eigenvalue weighted by Crippen LogP contribution is -2.33. The van der Waals surface area contributed by atoms with Gasteiger partial charge in [0.25, 0.3) is 0 Å². The third kappa shape index (κ3) is 3.33. The molecule has 1 heteroatoms. The second-order valence-electron chi connectivity index (χ2n) is 5.57. The zero-order chi connectivity index (χ0) is 12.0. The summed E-state index contributed by atoms with van der Waals surface area (Å²) in [5, 5.41) is 0. The van der Waals surface area contributed by atoms with E-state index in [1.807, 2.05) is 0 Å². The van der Waals surface area contributed by atoms with Gasteiger partial charge in [-0.1, -0.05) is 52.9 Å². The quantitative estimate of drug-likeness (QED) is 0.595. The number of carbonyl (C=O) groups excluding carboxylic acids is 1. The molecule has 1 aliphatic carbocycles. The lowest BCUT2D eigenvalue weighted by atomic mass is 9.65. The Hall–Kier alpha value is -0.330. The van der Waals surface area contributed by atoms with Crippen LogP contribution in [0.15, 0.2) is 0 Å². The van der Waals surface area contributed by atoms with Crippen LogP contribution < -0.4 is 0 Å². The van der Waals surface area contributed by atoms with Crippen LogP contribution in [-0.2, 0) is 4.79 Å². The normalized spacial score (nSPS) is 24.7. The molecule has 0 aliphatic heterocycles. The zero-order valence-corrected chi connectivity index (χ0v) is 11.3. The number of carbonyl (C=O) groups is 1. The summed E-state index contributed by atoms with van der Waals surface area (Å²) in [5.41, 5.74) is 0.491. The number of ketones is 1. The molecule has 1 atom stereocenters. The smallest absolute Gasteiger partial charge is 0.136 e. The molecule has 1 fully saturated rings. The Morgan fingerprint density at radius 2 is 1.88 bits per heavy atom. The Morgan fingerprint density at radius 3 is 2.44 bits per heavy atom. The summed E-state index contributed by atoms with van der Waals surface area (Å²) in [5.74, 6) is 0.939. The monoisotopic (exact) mass is 224 g/mol. The highest BCUT2D eigenvalue weighted by Crippen LogP contribution is 2.44. The molecule has 1 unspecified atom stereocenters. The fourth-order valence-electron chi connectivity index (χ4n) is 3.13. The molecule has 0 heterocycles. The van der Waals surface area contributed by atoms with Crippen molar-refractivity contribution in [2.75, 3.05) is 0 Å². The molecular weight excluding hydrogens is 196 g/mol. The van der Waals surface area contributed by atoms with E-state index in [2.05, 4.69) is 20.8 Å². The highest BCUT2D eigenvalue weighted by Gasteiger charge is 2.37. The molecule has 0 radical (unpaired) electrons. The second-order valence-corrected chi connectivity index (χ2v) is 5.57. The van der Waals surface area contributed by atoms with Crippen molar-refractivity contribution in [2.24, 2.45) is 11.3 Å². The van der Waals surface area contributed by atoms with Crippen molar-refractivity contribution in [1.29, 1.82) is 0 Å². The summed E-state index contributed by atoms with van der Waals surface area (Å²) in [6.45, 7) is 6.82. The molecule has 1 saturated carbocycles. The minimum Gasteiger partial charge on any atom is -0.299 e. The third-order valence-corrected chi connectivity index (χ3v) is 4.69. The largest absolute Gasteiger partial charge is 0.299 e. The van der Waals surface area contributed by atoms with Crippen molar-refractivity contribution in [3.8, 4) is 0 Å². The number of rotatable bonds is 6. The predicted molar refractivity (Wildman–Crippen MR) is 69.5 cm³/mol. The highest BCUT2D eigenvalue weighted by molar-refractivity contribution is 5.81. The average Bonchev–Trinajstić information content (AvgIpc) is 2.32. The molecular formula is C15H28O. The minimum atomic E-state index is 0.389. The van der Waals surface area contributed by atoms with Crippen molar-refractivity contribution >= 4 is 5.78 Å². The van der Waals surface area contributed by atoms with Crippen LogP contribution in [0.5, 0.6) is 0 Å². The van der Waals surface area contributed by atoms with Gasteiger partial charge in [0.05, 0.1) is 0 Å². The lowest BCUT2D eigenvalue weighted by Gasteiger charge is -2.39. The fourth-order valence-corrected chi connectivity index (χ4v) is 3.13. The average molecular weight is 224 g/mol. The minimum absolute atomic E-state index is 0.389. The van der Waals surface area contributed by atoms with E-state index in [0.29, 0.717) is 17.1 Å². The highest BCUT2D eigenvalue weighted by atomic mass is 16.1. The maximum absolute atomic E-state index is 11.9. The summed E-state index contributed by atoms with van der Waals surface area (Å²) < 4.78 is 0. The molecule has 0 bridgehead atoms. The van der Waals surface area contributed by atoms with E-state index in [9.17, 15) is 4.79 Å². The van der Waals surface area contributed by atoms with Gasteiger partial charge in [-0.25, -0.2) is 0 Å². The van der Waals surface area contributed by atoms with Gasteiger partial charge in [-0.05, 0) is 24.7 Å². The van der Waals surface area contributed by atoms with Crippen LogP contribution in [0.2, 0.25) is 0 Å². The Bertz CT molecular complexity index is 215. The topological polar surface area (TPSA) is 17.1 Å². The number of hydrogen-bond acceptors (Lipinski definition) is 1. The summed E-state index contributed by atoms with van der Waals surface area (Å²) >= 11 is 0. The molecule has 1 aliphatic rings. The Balaban J connectivity index is 2.50. The van der Waals surface area contributed by atoms with Gasteiger partial charge < -0.3 is 0 Å². The first-order valence-electron chi connectivity index (χ1n) is 7.20. The van der Waals surface area contributed by atoms with E-state index in [4.69, 9.17) is 0 Å². The molecule has 0 aromatic heterocycles. The van der Waals surface area contributed by atoms with Crippen LogP contribution in [0.1, 0.15) is 78.6 Å². The van der Waals surface area contributed by atoms with Crippen LogP contribution in [-0.4, -0.2) is 5.78 Å². The van der Waals surface area contributed by atoms with E-state index in [1.54, 1.807) is 0 Å².